The molecule has 1 amide bonds. The quantitative estimate of drug-likeness (QED) is 0.826. The summed E-state index contributed by atoms with van der Waals surface area (Å²) in [5.74, 6) is 0.0619. The molecule has 1 N–H and O–H groups in total. The van der Waals surface area contributed by atoms with Gasteiger partial charge in [-0.1, -0.05) is 16.1 Å². The molecule has 0 atom stereocenters. The van der Waals surface area contributed by atoms with Gasteiger partial charge in [-0.25, -0.2) is 0 Å². The average Bonchev–Trinajstić information content (AvgIpc) is 2.48. The van der Waals surface area contributed by atoms with E-state index < -0.39 is 0 Å². The van der Waals surface area contributed by atoms with E-state index in [0.717, 1.165) is 25.2 Å². The molecule has 0 radical (unpaired) electrons. The lowest BCUT2D eigenvalue weighted by Gasteiger charge is -2.16. The van der Waals surface area contributed by atoms with Crippen LogP contribution in [0.3, 0.4) is 0 Å². The van der Waals surface area contributed by atoms with E-state index in [0.29, 0.717) is 17.4 Å². The largest absolute Gasteiger partial charge is 0.355 e. The molecule has 1 fully saturated rings. The molecule has 5 nitrogen and oxygen atoms in total. The van der Waals surface area contributed by atoms with Crippen LogP contribution in [0.25, 0.3) is 0 Å². The van der Waals surface area contributed by atoms with Gasteiger partial charge in [0.05, 0.1) is 6.54 Å². The molecule has 2 rings (SSSR count). The van der Waals surface area contributed by atoms with Gasteiger partial charge in [0.2, 0.25) is 5.91 Å². The molecule has 1 aliphatic rings. The number of nitrogens with zero attached hydrogens (tertiary/aromatic N) is 3. The van der Waals surface area contributed by atoms with E-state index in [4.69, 9.17) is 11.6 Å². The van der Waals surface area contributed by atoms with Gasteiger partial charge in [0, 0.05) is 31.2 Å². The van der Waals surface area contributed by atoms with Crippen molar-refractivity contribution in [3.05, 3.63) is 10.0 Å². The Balaban J connectivity index is 1.98. The van der Waals surface area contributed by atoms with E-state index >= 15 is 0 Å². The highest BCUT2D eigenvalue weighted by molar-refractivity contribution is 7.10. The van der Waals surface area contributed by atoms with Gasteiger partial charge in [0.25, 0.3) is 0 Å². The first kappa shape index (κ1) is 10.8. The van der Waals surface area contributed by atoms with Gasteiger partial charge in [-0.05, 0) is 6.42 Å². The highest BCUT2D eigenvalue weighted by atomic mass is 35.5. The molecule has 7 heteroatoms. The lowest BCUT2D eigenvalue weighted by Crippen LogP contribution is -2.32. The Kier molecular flexibility index (Phi) is 3.50. The zero-order valence-electron chi connectivity index (χ0n) is 8.07. The Morgan fingerprint density at radius 1 is 1.60 bits per heavy atom. The van der Waals surface area contributed by atoms with E-state index in [9.17, 15) is 4.79 Å². The minimum Gasteiger partial charge on any atom is -0.355 e. The molecule has 1 saturated heterocycles. The van der Waals surface area contributed by atoms with E-state index in [1.54, 1.807) is 0 Å². The maximum absolute atomic E-state index is 11.3. The summed E-state index contributed by atoms with van der Waals surface area (Å²) >= 11 is 7.08. The summed E-state index contributed by atoms with van der Waals surface area (Å²) in [6.45, 7) is 2.64. The third kappa shape index (κ3) is 2.87. The van der Waals surface area contributed by atoms with Crippen molar-refractivity contribution in [1.82, 2.24) is 19.8 Å². The summed E-state index contributed by atoms with van der Waals surface area (Å²) in [4.78, 5) is 13.3. The monoisotopic (exact) mass is 246 g/mol. The summed E-state index contributed by atoms with van der Waals surface area (Å²) < 4.78 is 4.37. The van der Waals surface area contributed by atoms with Crippen molar-refractivity contribution in [2.24, 2.45) is 0 Å². The van der Waals surface area contributed by atoms with Gasteiger partial charge < -0.3 is 5.32 Å². The molecular formula is C8H11ClN4OS. The molecule has 15 heavy (non-hydrogen) atoms. The fraction of sp³-hybridized carbons (Fsp3) is 0.625. The topological polar surface area (TPSA) is 58.1 Å². The third-order valence-electron chi connectivity index (χ3n) is 2.22. The zero-order chi connectivity index (χ0) is 10.7. The van der Waals surface area contributed by atoms with Crippen molar-refractivity contribution in [1.29, 1.82) is 0 Å². The van der Waals surface area contributed by atoms with Crippen molar-refractivity contribution >= 4 is 29.0 Å². The van der Waals surface area contributed by atoms with E-state index in [2.05, 4.69) is 14.9 Å². The minimum atomic E-state index is 0.0619. The van der Waals surface area contributed by atoms with Crippen LogP contribution in [-0.2, 0) is 11.3 Å². The van der Waals surface area contributed by atoms with Gasteiger partial charge in [0.1, 0.15) is 10.0 Å². The summed E-state index contributed by atoms with van der Waals surface area (Å²) in [5, 5.41) is 6.75. The number of amides is 1. The zero-order valence-corrected chi connectivity index (χ0v) is 9.64. The lowest BCUT2D eigenvalue weighted by atomic mass is 10.3. The number of hydrogen-bond acceptors (Lipinski definition) is 5. The van der Waals surface area contributed by atoms with Crippen LogP contribution in [0, 0.1) is 0 Å². The van der Waals surface area contributed by atoms with Gasteiger partial charge in [-0.15, -0.1) is 5.10 Å². The minimum absolute atomic E-state index is 0.0619. The van der Waals surface area contributed by atoms with Crippen molar-refractivity contribution < 1.29 is 4.79 Å². The first-order chi connectivity index (χ1) is 7.25. The Labute approximate surface area is 96.6 Å². The first-order valence-electron chi connectivity index (χ1n) is 4.71. The van der Waals surface area contributed by atoms with Crippen LogP contribution in [0.5, 0.6) is 0 Å². The smallest absolute Gasteiger partial charge is 0.234 e. The maximum atomic E-state index is 11.3. The molecule has 0 saturated carbocycles. The number of hydrogen-bond donors (Lipinski definition) is 1. The predicted molar refractivity (Wildman–Crippen MR) is 57.8 cm³/mol. The molecule has 0 aliphatic carbocycles. The number of halogens is 1. The molecule has 1 aliphatic heterocycles. The van der Waals surface area contributed by atoms with Gasteiger partial charge in [-0.3, -0.25) is 9.69 Å². The predicted octanol–water partition coefficient (Wildman–Crippen LogP) is 0.513. The van der Waals surface area contributed by atoms with Crippen molar-refractivity contribution in [2.75, 3.05) is 19.6 Å². The summed E-state index contributed by atoms with van der Waals surface area (Å²) in [7, 11) is 0. The van der Waals surface area contributed by atoms with Crippen LogP contribution in [0.2, 0.25) is 4.34 Å². The maximum Gasteiger partial charge on any atom is 0.234 e. The van der Waals surface area contributed by atoms with E-state index in [-0.39, 0.29) is 5.91 Å². The first-order valence-corrected chi connectivity index (χ1v) is 5.86. The molecule has 2 heterocycles. The molecule has 1 aromatic heterocycles. The fourth-order valence-corrected chi connectivity index (χ4v) is 2.12. The molecular weight excluding hydrogens is 236 g/mol. The van der Waals surface area contributed by atoms with Crippen molar-refractivity contribution in [3.63, 3.8) is 0 Å². The number of carbonyl (C=O) groups is 1. The summed E-state index contributed by atoms with van der Waals surface area (Å²) in [6.07, 6.45) is 0.959. The molecule has 1 aromatic rings. The second-order valence-corrected chi connectivity index (χ2v) is 4.76. The van der Waals surface area contributed by atoms with Crippen LogP contribution >= 0.6 is 23.1 Å². The van der Waals surface area contributed by atoms with Crippen LogP contribution < -0.4 is 5.32 Å². The Morgan fingerprint density at radius 2 is 2.47 bits per heavy atom. The molecule has 0 unspecified atom stereocenters. The lowest BCUT2D eigenvalue weighted by molar-refractivity contribution is -0.121. The summed E-state index contributed by atoms with van der Waals surface area (Å²) in [6, 6.07) is 0. The highest BCUT2D eigenvalue weighted by Crippen LogP contribution is 2.18. The average molecular weight is 247 g/mol. The molecule has 82 valence electrons. The van der Waals surface area contributed by atoms with Gasteiger partial charge in [0.15, 0.2) is 0 Å². The molecule has 0 bridgehead atoms. The number of nitrogens with one attached hydrogen (secondary N) is 1. The second kappa shape index (κ2) is 4.87. The Hall–Kier alpha value is -0.720. The Morgan fingerprint density at radius 3 is 3.20 bits per heavy atom. The van der Waals surface area contributed by atoms with E-state index in [1.165, 1.54) is 11.5 Å². The summed E-state index contributed by atoms with van der Waals surface area (Å²) in [5.41, 5.74) is 0.761. The normalized spacial score (nSPS) is 18.6. The van der Waals surface area contributed by atoms with Gasteiger partial charge in [-0.2, -0.15) is 0 Å². The number of aromatic nitrogens is 2. The van der Waals surface area contributed by atoms with Crippen LogP contribution in [0.15, 0.2) is 0 Å². The Bertz CT molecular complexity index is 356. The third-order valence-corrected chi connectivity index (χ3v) is 3.21. The molecule has 0 spiro atoms. The highest BCUT2D eigenvalue weighted by Gasteiger charge is 2.17. The fourth-order valence-electron chi connectivity index (χ4n) is 1.51. The molecule has 0 aromatic carbocycles. The SMILES string of the molecule is O=C1CN(Cc2nnsc2Cl)CCCN1. The van der Waals surface area contributed by atoms with Gasteiger partial charge >= 0.3 is 0 Å². The van der Waals surface area contributed by atoms with Crippen LogP contribution in [0.1, 0.15) is 12.1 Å². The van der Waals surface area contributed by atoms with Crippen molar-refractivity contribution in [2.45, 2.75) is 13.0 Å². The van der Waals surface area contributed by atoms with E-state index in [1.807, 2.05) is 4.90 Å². The second-order valence-electron chi connectivity index (χ2n) is 3.41. The van der Waals surface area contributed by atoms with Crippen LogP contribution in [-0.4, -0.2) is 40.0 Å². The number of carbonyl (C=O) groups excluding carboxylic acids is 1. The standard InChI is InChI=1S/C8H11ClN4OS/c9-8-6(11-12-15-8)4-13-3-1-2-10-7(14)5-13/h1-5H2,(H,10,14). The van der Waals surface area contributed by atoms with Crippen molar-refractivity contribution in [3.8, 4) is 0 Å². The van der Waals surface area contributed by atoms with Crippen LogP contribution in [0.4, 0.5) is 0 Å². The number of rotatable bonds is 2.